The van der Waals surface area contributed by atoms with Crippen LogP contribution in [-0.2, 0) is 10.2 Å². The molecule has 2 rings (SSSR count). The minimum absolute atomic E-state index is 0.0519. The van der Waals surface area contributed by atoms with E-state index in [4.69, 9.17) is 4.74 Å². The summed E-state index contributed by atoms with van der Waals surface area (Å²) in [6.45, 7) is 11.8. The number of morpholine rings is 1. The Bertz CT molecular complexity index is 440. The number of β-amino-alcohol motifs (C(OH)–C–C–N with tert-alkyl or cyclic N) is 1. The molecule has 0 bridgehead atoms. The van der Waals surface area contributed by atoms with Crippen molar-refractivity contribution in [1.29, 1.82) is 0 Å². The Labute approximate surface area is 134 Å². The quantitative estimate of drug-likeness (QED) is 0.804. The second kappa shape index (κ2) is 7.55. The molecule has 1 fully saturated rings. The highest BCUT2D eigenvalue weighted by Gasteiger charge is 2.26. The van der Waals surface area contributed by atoms with Gasteiger partial charge in [-0.2, -0.15) is 0 Å². The summed E-state index contributed by atoms with van der Waals surface area (Å²) >= 11 is 0. The van der Waals surface area contributed by atoms with Gasteiger partial charge in [-0.15, -0.1) is 0 Å². The van der Waals surface area contributed by atoms with Gasteiger partial charge in [0.2, 0.25) is 0 Å². The van der Waals surface area contributed by atoms with Crippen LogP contribution in [0, 0.1) is 0 Å². The van der Waals surface area contributed by atoms with Crippen molar-refractivity contribution in [3.8, 4) is 0 Å². The minimum atomic E-state index is -0.718. The van der Waals surface area contributed by atoms with Crippen molar-refractivity contribution in [2.75, 3.05) is 45.9 Å². The molecule has 0 saturated carbocycles. The zero-order valence-electron chi connectivity index (χ0n) is 14.1. The first-order chi connectivity index (χ1) is 10.4. The molecule has 1 aliphatic heterocycles. The molecule has 1 unspecified atom stereocenters. The lowest BCUT2D eigenvalue weighted by Crippen LogP contribution is -2.51. The monoisotopic (exact) mass is 306 g/mol. The Morgan fingerprint density at radius 2 is 1.73 bits per heavy atom. The molecule has 124 valence electrons. The zero-order chi connectivity index (χ0) is 16.1. The third kappa shape index (κ3) is 5.36. The predicted molar refractivity (Wildman–Crippen MR) is 90.2 cm³/mol. The summed E-state index contributed by atoms with van der Waals surface area (Å²) in [5.41, 5.74) is 0.649. The topological polar surface area (TPSA) is 44.7 Å². The number of ether oxygens (including phenoxy) is 1. The molecule has 4 heteroatoms. The summed E-state index contributed by atoms with van der Waals surface area (Å²) < 4.78 is 5.35. The SMILES string of the molecule is CC(O)(CNCC(C)(C)c1ccccc1)CN1CCOCC1. The van der Waals surface area contributed by atoms with E-state index in [0.29, 0.717) is 13.1 Å². The smallest absolute Gasteiger partial charge is 0.0869 e. The van der Waals surface area contributed by atoms with E-state index in [2.05, 4.69) is 48.3 Å². The normalized spacial score (nSPS) is 19.8. The third-order valence-corrected chi connectivity index (χ3v) is 4.30. The number of hydrogen-bond donors (Lipinski definition) is 2. The van der Waals surface area contributed by atoms with E-state index >= 15 is 0 Å². The Morgan fingerprint density at radius 1 is 1.09 bits per heavy atom. The van der Waals surface area contributed by atoms with E-state index in [0.717, 1.165) is 32.8 Å². The second-order valence-corrected chi connectivity index (χ2v) is 7.24. The average Bonchev–Trinajstić information content (AvgIpc) is 2.48. The number of hydrogen-bond acceptors (Lipinski definition) is 4. The Hall–Kier alpha value is -0.940. The molecule has 0 amide bonds. The summed E-state index contributed by atoms with van der Waals surface area (Å²) in [6, 6.07) is 10.5. The maximum absolute atomic E-state index is 10.6. The van der Waals surface area contributed by atoms with Crippen LogP contribution in [0.15, 0.2) is 30.3 Å². The first-order valence-electron chi connectivity index (χ1n) is 8.18. The predicted octanol–water partition coefficient (Wildman–Crippen LogP) is 1.64. The van der Waals surface area contributed by atoms with Crippen molar-refractivity contribution in [3.05, 3.63) is 35.9 Å². The third-order valence-electron chi connectivity index (χ3n) is 4.30. The van der Waals surface area contributed by atoms with Crippen molar-refractivity contribution < 1.29 is 9.84 Å². The van der Waals surface area contributed by atoms with Gasteiger partial charge in [-0.1, -0.05) is 44.2 Å². The van der Waals surface area contributed by atoms with Gasteiger partial charge in [0, 0.05) is 38.1 Å². The standard InChI is InChI=1S/C18H30N2O2/c1-17(2,16-7-5-4-6-8-16)13-19-14-18(3,21)15-20-9-11-22-12-10-20/h4-8,19,21H,9-15H2,1-3H3. The maximum Gasteiger partial charge on any atom is 0.0869 e. The average molecular weight is 306 g/mol. The fraction of sp³-hybridized carbons (Fsp3) is 0.667. The highest BCUT2D eigenvalue weighted by molar-refractivity contribution is 5.23. The Morgan fingerprint density at radius 3 is 2.36 bits per heavy atom. The fourth-order valence-electron chi connectivity index (χ4n) is 2.93. The molecule has 1 atom stereocenters. The molecule has 1 aromatic rings. The van der Waals surface area contributed by atoms with Crippen LogP contribution < -0.4 is 5.32 Å². The summed E-state index contributed by atoms with van der Waals surface area (Å²) in [7, 11) is 0. The molecule has 4 nitrogen and oxygen atoms in total. The van der Waals surface area contributed by atoms with Gasteiger partial charge in [0.15, 0.2) is 0 Å². The van der Waals surface area contributed by atoms with E-state index < -0.39 is 5.60 Å². The number of rotatable bonds is 7. The van der Waals surface area contributed by atoms with Crippen LogP contribution in [0.25, 0.3) is 0 Å². The lowest BCUT2D eigenvalue weighted by atomic mass is 9.84. The van der Waals surface area contributed by atoms with Gasteiger partial charge in [-0.05, 0) is 12.5 Å². The van der Waals surface area contributed by atoms with Crippen LogP contribution in [0.5, 0.6) is 0 Å². The van der Waals surface area contributed by atoms with Crippen molar-refractivity contribution in [3.63, 3.8) is 0 Å². The first kappa shape index (κ1) is 17.4. The molecule has 0 spiro atoms. The van der Waals surface area contributed by atoms with Crippen LogP contribution in [0.1, 0.15) is 26.3 Å². The van der Waals surface area contributed by atoms with E-state index in [1.807, 2.05) is 13.0 Å². The summed E-state index contributed by atoms with van der Waals surface area (Å²) in [5.74, 6) is 0. The largest absolute Gasteiger partial charge is 0.388 e. The molecule has 22 heavy (non-hydrogen) atoms. The highest BCUT2D eigenvalue weighted by Crippen LogP contribution is 2.21. The van der Waals surface area contributed by atoms with Gasteiger partial charge in [-0.3, -0.25) is 4.90 Å². The number of benzene rings is 1. The van der Waals surface area contributed by atoms with Gasteiger partial charge in [0.25, 0.3) is 0 Å². The van der Waals surface area contributed by atoms with Crippen LogP contribution in [0.4, 0.5) is 0 Å². The highest BCUT2D eigenvalue weighted by atomic mass is 16.5. The van der Waals surface area contributed by atoms with Gasteiger partial charge in [0.1, 0.15) is 0 Å². The molecule has 0 aliphatic carbocycles. The molecular weight excluding hydrogens is 276 g/mol. The van der Waals surface area contributed by atoms with Crippen LogP contribution in [0.2, 0.25) is 0 Å². The maximum atomic E-state index is 10.6. The number of nitrogens with one attached hydrogen (secondary N) is 1. The molecule has 0 aromatic heterocycles. The fourth-order valence-corrected chi connectivity index (χ4v) is 2.93. The minimum Gasteiger partial charge on any atom is -0.388 e. The summed E-state index contributed by atoms with van der Waals surface area (Å²) in [6.07, 6.45) is 0. The van der Waals surface area contributed by atoms with Gasteiger partial charge < -0.3 is 15.2 Å². The molecule has 2 N–H and O–H groups in total. The summed E-state index contributed by atoms with van der Waals surface area (Å²) in [4.78, 5) is 2.27. The van der Waals surface area contributed by atoms with Gasteiger partial charge in [0.05, 0.1) is 18.8 Å². The first-order valence-corrected chi connectivity index (χ1v) is 8.18. The van der Waals surface area contributed by atoms with Crippen LogP contribution in [0.3, 0.4) is 0 Å². The van der Waals surface area contributed by atoms with Crippen molar-refractivity contribution >= 4 is 0 Å². The van der Waals surface area contributed by atoms with Gasteiger partial charge in [-0.25, -0.2) is 0 Å². The zero-order valence-corrected chi connectivity index (χ0v) is 14.1. The molecule has 1 aliphatic rings. The lowest BCUT2D eigenvalue weighted by Gasteiger charge is -2.35. The second-order valence-electron chi connectivity index (χ2n) is 7.24. The molecule has 1 heterocycles. The molecule has 1 saturated heterocycles. The van der Waals surface area contributed by atoms with Crippen LogP contribution in [-0.4, -0.2) is 61.5 Å². The molecule has 0 radical (unpaired) electrons. The van der Waals surface area contributed by atoms with Gasteiger partial charge >= 0.3 is 0 Å². The van der Waals surface area contributed by atoms with E-state index in [-0.39, 0.29) is 5.41 Å². The van der Waals surface area contributed by atoms with Crippen molar-refractivity contribution in [2.24, 2.45) is 0 Å². The van der Waals surface area contributed by atoms with Crippen LogP contribution >= 0.6 is 0 Å². The molecular formula is C18H30N2O2. The Kier molecular flexibility index (Phi) is 5.98. The summed E-state index contributed by atoms with van der Waals surface area (Å²) in [5, 5.41) is 14.0. The van der Waals surface area contributed by atoms with Crippen molar-refractivity contribution in [1.82, 2.24) is 10.2 Å². The number of nitrogens with zero attached hydrogens (tertiary/aromatic N) is 1. The molecule has 1 aromatic carbocycles. The Balaban J connectivity index is 1.79. The number of aliphatic hydroxyl groups is 1. The van der Waals surface area contributed by atoms with E-state index in [1.165, 1.54) is 5.56 Å². The van der Waals surface area contributed by atoms with E-state index in [1.54, 1.807) is 0 Å². The van der Waals surface area contributed by atoms with Crippen molar-refractivity contribution in [2.45, 2.75) is 31.8 Å². The lowest BCUT2D eigenvalue weighted by molar-refractivity contribution is -0.0221. The van der Waals surface area contributed by atoms with E-state index in [9.17, 15) is 5.11 Å².